The summed E-state index contributed by atoms with van der Waals surface area (Å²) in [5, 5.41) is 1.98. The molecule has 0 aliphatic carbocycles. The van der Waals surface area contributed by atoms with Gasteiger partial charge in [-0.25, -0.2) is 8.42 Å². The van der Waals surface area contributed by atoms with Gasteiger partial charge < -0.3 is 9.64 Å². The molecule has 8 heteroatoms. The summed E-state index contributed by atoms with van der Waals surface area (Å²) >= 11 is 1.60. The van der Waals surface area contributed by atoms with E-state index in [9.17, 15) is 13.2 Å². The van der Waals surface area contributed by atoms with Crippen molar-refractivity contribution in [3.63, 3.8) is 0 Å². The lowest BCUT2D eigenvalue weighted by molar-refractivity contribution is -0.136. The van der Waals surface area contributed by atoms with Crippen LogP contribution in [0, 0.1) is 5.92 Å². The molecule has 1 amide bonds. The van der Waals surface area contributed by atoms with Crippen LogP contribution < -0.4 is 4.74 Å². The lowest BCUT2D eigenvalue weighted by atomic mass is 9.98. The molecule has 2 heterocycles. The highest BCUT2D eigenvalue weighted by Crippen LogP contribution is 2.27. The van der Waals surface area contributed by atoms with E-state index < -0.39 is 10.0 Å². The average Bonchev–Trinajstić information content (AvgIpc) is 3.26. The van der Waals surface area contributed by atoms with Crippen LogP contribution in [-0.4, -0.2) is 50.3 Å². The van der Waals surface area contributed by atoms with E-state index in [1.165, 1.54) is 11.4 Å². The van der Waals surface area contributed by atoms with E-state index in [2.05, 4.69) is 6.58 Å². The predicted octanol–water partition coefficient (Wildman–Crippen LogP) is 3.37. The maximum atomic E-state index is 13.2. The number of sulfonamides is 1. The number of methoxy groups -OCH3 is 1. The molecule has 0 spiro atoms. The molecule has 1 aliphatic rings. The third-order valence-electron chi connectivity index (χ3n) is 5.02. The van der Waals surface area contributed by atoms with Crippen LogP contribution in [0.25, 0.3) is 0 Å². The van der Waals surface area contributed by atoms with Gasteiger partial charge in [0.2, 0.25) is 15.9 Å². The number of benzene rings is 1. The van der Waals surface area contributed by atoms with Crippen LogP contribution in [0.1, 0.15) is 17.7 Å². The minimum Gasteiger partial charge on any atom is -0.497 e. The molecular weight excluding hydrogens is 408 g/mol. The molecule has 6 nitrogen and oxygen atoms in total. The van der Waals surface area contributed by atoms with Crippen LogP contribution in [0.2, 0.25) is 0 Å². The minimum atomic E-state index is -3.65. The zero-order valence-corrected chi connectivity index (χ0v) is 18.1. The minimum absolute atomic E-state index is 0.0204. The molecule has 3 rings (SSSR count). The molecule has 0 N–H and O–H groups in total. The third-order valence-corrected chi connectivity index (χ3v) is 7.76. The standard InChI is InChI=1S/C21H26N2O4S2/c1-3-12-22(16-19-7-5-14-28-19)21(24)17-6-4-13-23(15-17)29(25,26)20-10-8-18(27-2)9-11-20/h3,5,7-11,14,17H,1,4,6,12-13,15-16H2,2H3. The number of carbonyl (C=O) groups is 1. The van der Waals surface area contributed by atoms with Gasteiger partial charge >= 0.3 is 0 Å². The predicted molar refractivity (Wildman–Crippen MR) is 114 cm³/mol. The highest BCUT2D eigenvalue weighted by atomic mass is 32.2. The second-order valence-electron chi connectivity index (χ2n) is 6.96. The fourth-order valence-corrected chi connectivity index (χ4v) is 5.74. The number of thiophene rings is 1. The third kappa shape index (κ3) is 5.07. The van der Waals surface area contributed by atoms with Crippen LogP contribution in [0.4, 0.5) is 0 Å². The largest absolute Gasteiger partial charge is 0.497 e. The molecule has 0 saturated carbocycles. The first kappa shape index (κ1) is 21.5. The van der Waals surface area contributed by atoms with Crippen molar-refractivity contribution in [2.24, 2.45) is 5.92 Å². The second kappa shape index (κ2) is 9.56. The summed E-state index contributed by atoms with van der Waals surface area (Å²) < 4.78 is 32.6. The Kier molecular flexibility index (Phi) is 7.10. The van der Waals surface area contributed by atoms with Gasteiger partial charge in [0.1, 0.15) is 5.75 Å². The van der Waals surface area contributed by atoms with E-state index in [1.54, 1.807) is 46.6 Å². The van der Waals surface area contributed by atoms with Crippen LogP contribution >= 0.6 is 11.3 Å². The van der Waals surface area contributed by atoms with Crippen molar-refractivity contribution in [3.8, 4) is 5.75 Å². The number of piperidine rings is 1. The molecule has 156 valence electrons. The van der Waals surface area contributed by atoms with Gasteiger partial charge in [0.25, 0.3) is 0 Å². The van der Waals surface area contributed by atoms with Crippen LogP contribution in [0.5, 0.6) is 5.75 Å². The maximum Gasteiger partial charge on any atom is 0.243 e. The second-order valence-corrected chi connectivity index (χ2v) is 9.93. The van der Waals surface area contributed by atoms with E-state index in [1.807, 2.05) is 17.5 Å². The van der Waals surface area contributed by atoms with Crippen LogP contribution in [0.15, 0.2) is 59.3 Å². The van der Waals surface area contributed by atoms with Crippen molar-refractivity contribution in [2.75, 3.05) is 26.7 Å². The summed E-state index contributed by atoms with van der Waals surface area (Å²) in [5.41, 5.74) is 0. The molecule has 1 unspecified atom stereocenters. The zero-order chi connectivity index (χ0) is 20.9. The Morgan fingerprint density at radius 3 is 2.72 bits per heavy atom. The van der Waals surface area contributed by atoms with Gasteiger partial charge in [-0.3, -0.25) is 4.79 Å². The van der Waals surface area contributed by atoms with E-state index in [-0.39, 0.29) is 23.3 Å². The summed E-state index contributed by atoms with van der Waals surface area (Å²) in [6.07, 6.45) is 3.05. The zero-order valence-electron chi connectivity index (χ0n) is 16.5. The maximum absolute atomic E-state index is 13.2. The highest BCUT2D eigenvalue weighted by molar-refractivity contribution is 7.89. The van der Waals surface area contributed by atoms with E-state index in [0.29, 0.717) is 38.2 Å². The number of carbonyl (C=O) groups excluding carboxylic acids is 1. The smallest absolute Gasteiger partial charge is 0.243 e. The molecule has 1 atom stereocenters. The molecule has 1 aliphatic heterocycles. The molecule has 2 aromatic rings. The van der Waals surface area contributed by atoms with Crippen molar-refractivity contribution in [3.05, 3.63) is 59.3 Å². The molecular formula is C21H26N2O4S2. The molecule has 0 radical (unpaired) electrons. The summed E-state index contributed by atoms with van der Waals surface area (Å²) in [5.74, 6) is 0.230. The lowest BCUT2D eigenvalue weighted by Gasteiger charge is -2.34. The van der Waals surface area contributed by atoms with Gasteiger partial charge in [-0.05, 0) is 48.6 Å². The van der Waals surface area contributed by atoms with Crippen molar-refractivity contribution in [2.45, 2.75) is 24.3 Å². The summed E-state index contributed by atoms with van der Waals surface area (Å²) in [6.45, 7) is 5.34. The van der Waals surface area contributed by atoms with Gasteiger partial charge in [-0.15, -0.1) is 17.9 Å². The van der Waals surface area contributed by atoms with Gasteiger partial charge in [-0.2, -0.15) is 4.31 Å². The number of ether oxygens (including phenoxy) is 1. The molecule has 1 fully saturated rings. The Morgan fingerprint density at radius 1 is 1.34 bits per heavy atom. The number of amides is 1. The van der Waals surface area contributed by atoms with E-state index >= 15 is 0 Å². The molecule has 1 aromatic carbocycles. The van der Waals surface area contributed by atoms with Crippen molar-refractivity contribution in [1.29, 1.82) is 0 Å². The molecule has 1 saturated heterocycles. The Balaban J connectivity index is 1.74. The first-order valence-electron chi connectivity index (χ1n) is 9.52. The Morgan fingerprint density at radius 2 is 2.10 bits per heavy atom. The number of hydrogen-bond acceptors (Lipinski definition) is 5. The number of rotatable bonds is 8. The van der Waals surface area contributed by atoms with E-state index in [0.717, 1.165) is 4.88 Å². The van der Waals surface area contributed by atoms with Crippen LogP contribution in [0.3, 0.4) is 0 Å². The van der Waals surface area contributed by atoms with Gasteiger partial charge in [0.05, 0.1) is 24.5 Å². The summed E-state index contributed by atoms with van der Waals surface area (Å²) in [6, 6.07) is 10.3. The van der Waals surface area contributed by atoms with Crippen molar-refractivity contribution in [1.82, 2.24) is 9.21 Å². The summed E-state index contributed by atoms with van der Waals surface area (Å²) in [7, 11) is -2.12. The fourth-order valence-electron chi connectivity index (χ4n) is 3.50. The monoisotopic (exact) mass is 434 g/mol. The number of hydrogen-bond donors (Lipinski definition) is 0. The van der Waals surface area contributed by atoms with Gasteiger partial charge in [-0.1, -0.05) is 12.1 Å². The first-order valence-corrected chi connectivity index (χ1v) is 11.8. The Labute approximate surface area is 176 Å². The van der Waals surface area contributed by atoms with Gasteiger partial charge in [0.15, 0.2) is 0 Å². The SMILES string of the molecule is C=CCN(Cc1cccs1)C(=O)C1CCCN(S(=O)(=O)c2ccc(OC)cc2)C1. The average molecular weight is 435 g/mol. The fraction of sp³-hybridized carbons (Fsp3) is 0.381. The van der Waals surface area contributed by atoms with Crippen molar-refractivity contribution < 1.29 is 17.9 Å². The Bertz CT molecular complexity index is 924. The molecule has 29 heavy (non-hydrogen) atoms. The highest BCUT2D eigenvalue weighted by Gasteiger charge is 2.35. The van der Waals surface area contributed by atoms with Crippen LogP contribution in [-0.2, 0) is 21.4 Å². The molecule has 1 aromatic heterocycles. The van der Waals surface area contributed by atoms with Gasteiger partial charge in [0, 0.05) is 24.5 Å². The molecule has 0 bridgehead atoms. The van der Waals surface area contributed by atoms with E-state index in [4.69, 9.17) is 4.74 Å². The van der Waals surface area contributed by atoms with Crippen molar-refractivity contribution >= 4 is 27.3 Å². The lowest BCUT2D eigenvalue weighted by Crippen LogP contribution is -2.46. The quantitative estimate of drug-likeness (QED) is 0.598. The Hall–Kier alpha value is -2.16. The normalized spacial score (nSPS) is 17.6. The number of nitrogens with zero attached hydrogens (tertiary/aromatic N) is 2. The topological polar surface area (TPSA) is 66.9 Å². The first-order chi connectivity index (χ1) is 14.0. The summed E-state index contributed by atoms with van der Waals surface area (Å²) in [4.78, 5) is 16.2.